The SMILES string of the molecule is CC[C@@H]1CCC[C@@]2(C1)C1CC[C@H](C1)[C@@H]2N. The first-order valence-electron chi connectivity index (χ1n) is 7.02. The number of hydrogen-bond acceptors (Lipinski definition) is 1. The van der Waals surface area contributed by atoms with E-state index < -0.39 is 0 Å². The highest BCUT2D eigenvalue weighted by Gasteiger charge is 2.57. The smallest absolute Gasteiger partial charge is 0.0127 e. The van der Waals surface area contributed by atoms with Crippen LogP contribution in [0.4, 0.5) is 0 Å². The Bertz CT molecular complexity index is 246. The van der Waals surface area contributed by atoms with Gasteiger partial charge in [-0.15, -0.1) is 0 Å². The van der Waals surface area contributed by atoms with Crippen LogP contribution in [0.15, 0.2) is 0 Å². The summed E-state index contributed by atoms with van der Waals surface area (Å²) in [6.45, 7) is 2.36. The largest absolute Gasteiger partial charge is 0.327 e. The number of rotatable bonds is 1. The van der Waals surface area contributed by atoms with E-state index in [0.29, 0.717) is 11.5 Å². The summed E-state index contributed by atoms with van der Waals surface area (Å²) in [6, 6.07) is 0.561. The van der Waals surface area contributed by atoms with E-state index in [9.17, 15) is 0 Å². The molecule has 1 spiro atoms. The van der Waals surface area contributed by atoms with Crippen molar-refractivity contribution in [3.05, 3.63) is 0 Å². The molecule has 1 nitrogen and oxygen atoms in total. The third kappa shape index (κ3) is 1.32. The van der Waals surface area contributed by atoms with Gasteiger partial charge in [0.15, 0.2) is 0 Å². The van der Waals surface area contributed by atoms with Crippen LogP contribution in [0, 0.1) is 23.2 Å². The van der Waals surface area contributed by atoms with Gasteiger partial charge in [0.1, 0.15) is 0 Å². The van der Waals surface area contributed by atoms with Crippen molar-refractivity contribution in [3.8, 4) is 0 Å². The van der Waals surface area contributed by atoms with Crippen molar-refractivity contribution in [2.24, 2.45) is 28.9 Å². The summed E-state index contributed by atoms with van der Waals surface area (Å²) in [5.74, 6) is 2.89. The first kappa shape index (κ1) is 10.1. The second-order valence-corrected chi connectivity index (χ2v) is 6.40. The maximum atomic E-state index is 6.55. The number of fused-ring (bicyclic) bond motifs is 3. The molecule has 3 aliphatic rings. The van der Waals surface area contributed by atoms with Crippen LogP contribution in [-0.2, 0) is 0 Å². The molecule has 0 heterocycles. The van der Waals surface area contributed by atoms with Crippen LogP contribution in [-0.4, -0.2) is 6.04 Å². The summed E-state index contributed by atoms with van der Waals surface area (Å²) in [7, 11) is 0. The molecule has 0 radical (unpaired) electrons. The summed E-state index contributed by atoms with van der Waals surface area (Å²) < 4.78 is 0. The van der Waals surface area contributed by atoms with Crippen LogP contribution < -0.4 is 5.73 Å². The van der Waals surface area contributed by atoms with Gasteiger partial charge < -0.3 is 5.73 Å². The zero-order valence-electron chi connectivity index (χ0n) is 10.0. The summed E-state index contributed by atoms with van der Waals surface area (Å²) in [4.78, 5) is 0. The van der Waals surface area contributed by atoms with E-state index in [2.05, 4.69) is 6.92 Å². The molecule has 0 aromatic heterocycles. The maximum Gasteiger partial charge on any atom is 0.0127 e. The molecule has 0 aliphatic heterocycles. The van der Waals surface area contributed by atoms with Crippen molar-refractivity contribution in [3.63, 3.8) is 0 Å². The van der Waals surface area contributed by atoms with E-state index in [1.165, 1.54) is 51.4 Å². The molecule has 3 aliphatic carbocycles. The molecular formula is C14H25N. The second kappa shape index (κ2) is 3.48. The first-order valence-corrected chi connectivity index (χ1v) is 7.02. The summed E-state index contributed by atoms with van der Waals surface area (Å²) in [6.07, 6.45) is 11.6. The minimum atomic E-state index is 0.561. The fraction of sp³-hybridized carbons (Fsp3) is 1.00. The minimum absolute atomic E-state index is 0.561. The Kier molecular flexibility index (Phi) is 2.35. The Labute approximate surface area is 93.8 Å². The van der Waals surface area contributed by atoms with Gasteiger partial charge in [0, 0.05) is 6.04 Å². The van der Waals surface area contributed by atoms with Crippen molar-refractivity contribution in [2.45, 2.75) is 64.3 Å². The Morgan fingerprint density at radius 1 is 1.27 bits per heavy atom. The molecule has 1 heteroatoms. The molecule has 1 unspecified atom stereocenters. The van der Waals surface area contributed by atoms with E-state index in [0.717, 1.165) is 17.8 Å². The Morgan fingerprint density at radius 3 is 2.80 bits per heavy atom. The Hall–Kier alpha value is -0.0400. The molecule has 0 amide bonds. The van der Waals surface area contributed by atoms with Crippen molar-refractivity contribution in [1.29, 1.82) is 0 Å². The van der Waals surface area contributed by atoms with Crippen molar-refractivity contribution >= 4 is 0 Å². The lowest BCUT2D eigenvalue weighted by molar-refractivity contribution is 0.0471. The molecule has 2 N–H and O–H groups in total. The van der Waals surface area contributed by atoms with Crippen LogP contribution in [0.3, 0.4) is 0 Å². The van der Waals surface area contributed by atoms with E-state index in [-0.39, 0.29) is 0 Å². The summed E-state index contributed by atoms with van der Waals surface area (Å²) in [5, 5.41) is 0. The summed E-state index contributed by atoms with van der Waals surface area (Å²) in [5.41, 5.74) is 7.15. The number of nitrogens with two attached hydrogens (primary N) is 1. The van der Waals surface area contributed by atoms with E-state index >= 15 is 0 Å². The van der Waals surface area contributed by atoms with Crippen LogP contribution in [0.5, 0.6) is 0 Å². The van der Waals surface area contributed by atoms with Gasteiger partial charge in [-0.05, 0) is 55.3 Å². The van der Waals surface area contributed by atoms with Crippen LogP contribution in [0.25, 0.3) is 0 Å². The zero-order valence-corrected chi connectivity index (χ0v) is 10.0. The average Bonchev–Trinajstić information content (AvgIpc) is 2.84. The lowest BCUT2D eigenvalue weighted by atomic mass is 9.59. The molecule has 0 saturated heterocycles. The van der Waals surface area contributed by atoms with Gasteiger partial charge in [-0.3, -0.25) is 0 Å². The molecule has 0 aromatic rings. The van der Waals surface area contributed by atoms with Crippen molar-refractivity contribution in [1.82, 2.24) is 0 Å². The lowest BCUT2D eigenvalue weighted by Crippen LogP contribution is -2.48. The predicted octanol–water partition coefficient (Wildman–Crippen LogP) is 3.33. The average molecular weight is 207 g/mol. The molecule has 5 atom stereocenters. The van der Waals surface area contributed by atoms with E-state index in [1.54, 1.807) is 0 Å². The third-order valence-corrected chi connectivity index (χ3v) is 5.96. The Balaban J connectivity index is 1.83. The number of hydrogen-bond donors (Lipinski definition) is 1. The zero-order chi connectivity index (χ0) is 10.5. The van der Waals surface area contributed by atoms with Crippen molar-refractivity contribution in [2.75, 3.05) is 0 Å². The first-order chi connectivity index (χ1) is 7.26. The summed E-state index contributed by atoms with van der Waals surface area (Å²) >= 11 is 0. The van der Waals surface area contributed by atoms with Gasteiger partial charge in [0.05, 0.1) is 0 Å². The standard InChI is InChI=1S/C14H25N/c1-2-10-4-3-7-14(9-10)12-6-5-11(8-12)13(14)15/h10-13H,2-9,15H2,1H3/t10-,11-,12?,13+,14-/m1/s1. The normalized spacial score (nSPS) is 54.0. The third-order valence-electron chi connectivity index (χ3n) is 5.96. The van der Waals surface area contributed by atoms with Gasteiger partial charge in [-0.25, -0.2) is 0 Å². The molecule has 2 bridgehead atoms. The monoisotopic (exact) mass is 207 g/mol. The molecule has 15 heavy (non-hydrogen) atoms. The fourth-order valence-electron chi connectivity index (χ4n) is 5.09. The molecule has 86 valence electrons. The minimum Gasteiger partial charge on any atom is -0.327 e. The van der Waals surface area contributed by atoms with E-state index in [4.69, 9.17) is 5.73 Å². The van der Waals surface area contributed by atoms with Crippen LogP contribution >= 0.6 is 0 Å². The van der Waals surface area contributed by atoms with Gasteiger partial charge in [-0.1, -0.05) is 26.2 Å². The quantitative estimate of drug-likeness (QED) is 0.701. The highest BCUT2D eigenvalue weighted by molar-refractivity contribution is 5.09. The molecule has 3 saturated carbocycles. The maximum absolute atomic E-state index is 6.55. The second-order valence-electron chi connectivity index (χ2n) is 6.40. The fourth-order valence-corrected chi connectivity index (χ4v) is 5.09. The van der Waals surface area contributed by atoms with Gasteiger partial charge in [0.2, 0.25) is 0 Å². The molecule has 3 rings (SSSR count). The highest BCUT2D eigenvalue weighted by Crippen LogP contribution is 2.61. The topological polar surface area (TPSA) is 26.0 Å². The van der Waals surface area contributed by atoms with E-state index in [1.807, 2.05) is 0 Å². The van der Waals surface area contributed by atoms with Crippen LogP contribution in [0.2, 0.25) is 0 Å². The van der Waals surface area contributed by atoms with Crippen molar-refractivity contribution < 1.29 is 0 Å². The molecule has 0 aromatic carbocycles. The highest BCUT2D eigenvalue weighted by atomic mass is 14.8. The lowest BCUT2D eigenvalue weighted by Gasteiger charge is -2.47. The van der Waals surface area contributed by atoms with Crippen LogP contribution in [0.1, 0.15) is 58.3 Å². The molecule has 3 fully saturated rings. The van der Waals surface area contributed by atoms with Gasteiger partial charge in [-0.2, -0.15) is 0 Å². The van der Waals surface area contributed by atoms with Gasteiger partial charge in [0.25, 0.3) is 0 Å². The predicted molar refractivity (Wildman–Crippen MR) is 63.5 cm³/mol. The Morgan fingerprint density at radius 2 is 2.13 bits per heavy atom. The molecular weight excluding hydrogens is 182 g/mol. The van der Waals surface area contributed by atoms with Gasteiger partial charge >= 0.3 is 0 Å².